The molecule has 1 amide bonds. The molecule has 0 radical (unpaired) electrons. The molecule has 3 aromatic rings. The van der Waals surface area contributed by atoms with Crippen LogP contribution in [-0.4, -0.2) is 41.5 Å². The molecule has 1 aliphatic rings. The number of carbonyl (C=O) groups is 1. The van der Waals surface area contributed by atoms with Crippen LogP contribution in [0.4, 0.5) is 0 Å². The highest BCUT2D eigenvalue weighted by atomic mass is 16.2. The van der Waals surface area contributed by atoms with Gasteiger partial charge in [-0.25, -0.2) is 14.0 Å². The number of aromatic nitrogens is 5. The Hall–Kier alpha value is -3.16. The molecule has 0 N–H and O–H groups in total. The molecule has 140 valence electrons. The highest BCUT2D eigenvalue weighted by Gasteiger charge is 2.22. The first kappa shape index (κ1) is 17.3. The van der Waals surface area contributed by atoms with Gasteiger partial charge in [0.05, 0.1) is 23.6 Å². The quantitative estimate of drug-likeness (QED) is 0.700. The lowest BCUT2D eigenvalue weighted by atomic mass is 10.3. The zero-order valence-corrected chi connectivity index (χ0v) is 15.5. The lowest BCUT2D eigenvalue weighted by Gasteiger charge is -2.19. The van der Waals surface area contributed by atoms with Crippen LogP contribution in [0.15, 0.2) is 41.2 Å². The summed E-state index contributed by atoms with van der Waals surface area (Å²) in [5, 5.41) is 8.75. The van der Waals surface area contributed by atoms with Gasteiger partial charge in [0.25, 0.3) is 0 Å². The number of carbonyl (C=O) groups excluding carboxylic acids is 1. The number of aryl methyl sites for hydroxylation is 3. The van der Waals surface area contributed by atoms with Crippen molar-refractivity contribution in [2.24, 2.45) is 0 Å². The van der Waals surface area contributed by atoms with Gasteiger partial charge in [0.1, 0.15) is 12.4 Å². The smallest absolute Gasteiger partial charge is 0.335 e. The maximum atomic E-state index is 12.8. The summed E-state index contributed by atoms with van der Waals surface area (Å²) in [5.41, 5.74) is 2.42. The Bertz CT molecular complexity index is 1030. The highest BCUT2D eigenvalue weighted by molar-refractivity contribution is 5.75. The van der Waals surface area contributed by atoms with E-state index in [-0.39, 0.29) is 18.1 Å². The van der Waals surface area contributed by atoms with Gasteiger partial charge in [-0.2, -0.15) is 10.2 Å². The van der Waals surface area contributed by atoms with Gasteiger partial charge >= 0.3 is 5.69 Å². The Morgan fingerprint density at radius 3 is 2.67 bits per heavy atom. The molecule has 0 aliphatic carbocycles. The Balaban J connectivity index is 1.56. The molecule has 4 rings (SSSR count). The maximum absolute atomic E-state index is 12.8. The molecule has 0 unspecified atom stereocenters. The number of hydrogen-bond acceptors (Lipinski definition) is 4. The molecule has 27 heavy (non-hydrogen) atoms. The Morgan fingerprint density at radius 1 is 1.11 bits per heavy atom. The molecule has 0 bridgehead atoms. The van der Waals surface area contributed by atoms with Crippen molar-refractivity contribution in [2.45, 2.75) is 39.9 Å². The van der Waals surface area contributed by atoms with Gasteiger partial charge in [-0.1, -0.05) is 18.2 Å². The van der Waals surface area contributed by atoms with Crippen LogP contribution in [0.25, 0.3) is 5.69 Å². The first-order chi connectivity index (χ1) is 13.0. The van der Waals surface area contributed by atoms with E-state index in [0.29, 0.717) is 18.9 Å². The summed E-state index contributed by atoms with van der Waals surface area (Å²) in [5.74, 6) is 0.450. The van der Waals surface area contributed by atoms with Crippen molar-refractivity contribution in [1.29, 1.82) is 0 Å². The molecule has 8 heteroatoms. The van der Waals surface area contributed by atoms with Gasteiger partial charge in [0.2, 0.25) is 5.91 Å². The van der Waals surface area contributed by atoms with Gasteiger partial charge in [-0.3, -0.25) is 9.48 Å². The minimum absolute atomic E-state index is 0.0629. The predicted octanol–water partition coefficient (Wildman–Crippen LogP) is 1.28. The summed E-state index contributed by atoms with van der Waals surface area (Å²) in [6.07, 6.45) is 0.840. The summed E-state index contributed by atoms with van der Waals surface area (Å²) in [6, 6.07) is 11.3. The largest absolute Gasteiger partial charge is 0.351 e. The van der Waals surface area contributed by atoms with Gasteiger partial charge in [-0.05, 0) is 38.5 Å². The second-order valence-corrected chi connectivity index (χ2v) is 6.83. The normalized spacial score (nSPS) is 14.1. The van der Waals surface area contributed by atoms with Crippen LogP contribution in [0.3, 0.4) is 0 Å². The van der Waals surface area contributed by atoms with Crippen LogP contribution in [0.5, 0.6) is 0 Å². The number of benzene rings is 1. The van der Waals surface area contributed by atoms with E-state index in [1.165, 1.54) is 9.25 Å². The van der Waals surface area contributed by atoms with E-state index >= 15 is 0 Å². The molecule has 3 heterocycles. The minimum atomic E-state index is -0.303. The molecule has 0 saturated carbocycles. The fourth-order valence-corrected chi connectivity index (χ4v) is 3.54. The van der Waals surface area contributed by atoms with Crippen LogP contribution in [0.1, 0.15) is 23.6 Å². The average molecular weight is 366 g/mol. The average Bonchev–Trinajstić information content (AvgIpc) is 3.05. The number of amides is 1. The first-order valence-corrected chi connectivity index (χ1v) is 9.06. The first-order valence-electron chi connectivity index (χ1n) is 9.06. The lowest BCUT2D eigenvalue weighted by molar-refractivity contribution is -0.132. The third-order valence-corrected chi connectivity index (χ3v) is 4.79. The van der Waals surface area contributed by atoms with E-state index in [2.05, 4.69) is 10.2 Å². The second-order valence-electron chi connectivity index (χ2n) is 6.83. The standard InChI is InChI=1S/C19H22N6O2/c1-14-11-17-12-22(9-6-10-23(17)20-14)18(26)13-24-19(27)25(15(2)21-24)16-7-4-3-5-8-16/h3-5,7-8,11H,6,9-10,12-13H2,1-2H3. The Morgan fingerprint density at radius 2 is 1.89 bits per heavy atom. The van der Waals surface area contributed by atoms with Gasteiger partial charge in [-0.15, -0.1) is 0 Å². The van der Waals surface area contributed by atoms with Crippen molar-refractivity contribution in [3.63, 3.8) is 0 Å². The van der Waals surface area contributed by atoms with E-state index in [1.807, 2.05) is 48.0 Å². The van der Waals surface area contributed by atoms with Crippen molar-refractivity contribution in [1.82, 2.24) is 29.0 Å². The summed E-state index contributed by atoms with van der Waals surface area (Å²) in [7, 11) is 0. The third-order valence-electron chi connectivity index (χ3n) is 4.79. The number of nitrogens with zero attached hydrogens (tertiary/aromatic N) is 6. The molecule has 8 nitrogen and oxygen atoms in total. The van der Waals surface area contributed by atoms with Crippen molar-refractivity contribution in [3.8, 4) is 5.69 Å². The second kappa shape index (κ2) is 6.86. The topological polar surface area (TPSA) is 78.0 Å². The molecule has 1 aliphatic heterocycles. The van der Waals surface area contributed by atoms with Gasteiger partial charge in [0.15, 0.2) is 0 Å². The molecule has 0 spiro atoms. The predicted molar refractivity (Wildman–Crippen MR) is 99.6 cm³/mol. The Labute approximate surface area is 156 Å². The summed E-state index contributed by atoms with van der Waals surface area (Å²) in [6.45, 7) is 5.61. The molecular weight excluding hydrogens is 344 g/mol. The van der Waals surface area contributed by atoms with Crippen LogP contribution < -0.4 is 5.69 Å². The summed E-state index contributed by atoms with van der Waals surface area (Å²) < 4.78 is 4.73. The monoisotopic (exact) mass is 366 g/mol. The van der Waals surface area contributed by atoms with Crippen molar-refractivity contribution in [2.75, 3.05) is 6.54 Å². The van der Waals surface area contributed by atoms with Crippen molar-refractivity contribution in [3.05, 3.63) is 64.1 Å². The number of hydrogen-bond donors (Lipinski definition) is 0. The third kappa shape index (κ3) is 3.30. The number of fused-ring (bicyclic) bond motifs is 1. The van der Waals surface area contributed by atoms with Crippen LogP contribution in [-0.2, 0) is 24.4 Å². The van der Waals surface area contributed by atoms with E-state index < -0.39 is 0 Å². The molecule has 0 saturated heterocycles. The number of rotatable bonds is 3. The van der Waals surface area contributed by atoms with Crippen LogP contribution >= 0.6 is 0 Å². The van der Waals surface area contributed by atoms with E-state index in [1.54, 1.807) is 11.8 Å². The maximum Gasteiger partial charge on any atom is 0.351 e. The fraction of sp³-hybridized carbons (Fsp3) is 0.368. The molecule has 0 atom stereocenters. The van der Waals surface area contributed by atoms with Gasteiger partial charge < -0.3 is 4.90 Å². The minimum Gasteiger partial charge on any atom is -0.335 e. The van der Waals surface area contributed by atoms with Crippen molar-refractivity contribution >= 4 is 5.91 Å². The highest BCUT2D eigenvalue weighted by Crippen LogP contribution is 2.14. The molecule has 2 aromatic heterocycles. The van der Waals surface area contributed by atoms with Gasteiger partial charge in [0, 0.05) is 13.1 Å². The fourth-order valence-electron chi connectivity index (χ4n) is 3.54. The molecular formula is C19H22N6O2. The van der Waals surface area contributed by atoms with E-state index in [0.717, 1.165) is 30.0 Å². The van der Waals surface area contributed by atoms with Crippen molar-refractivity contribution < 1.29 is 4.79 Å². The van der Waals surface area contributed by atoms with E-state index in [9.17, 15) is 9.59 Å². The van der Waals surface area contributed by atoms with E-state index in [4.69, 9.17) is 0 Å². The van der Waals surface area contributed by atoms with Crippen LogP contribution in [0, 0.1) is 13.8 Å². The molecule has 0 fully saturated rings. The lowest BCUT2D eigenvalue weighted by Crippen LogP contribution is -2.37. The zero-order chi connectivity index (χ0) is 19.0. The summed E-state index contributed by atoms with van der Waals surface area (Å²) in [4.78, 5) is 27.4. The Kier molecular flexibility index (Phi) is 4.39. The zero-order valence-electron chi connectivity index (χ0n) is 15.5. The summed E-state index contributed by atoms with van der Waals surface area (Å²) >= 11 is 0. The molecule has 1 aromatic carbocycles. The number of para-hydroxylation sites is 1. The van der Waals surface area contributed by atoms with Crippen LogP contribution in [0.2, 0.25) is 0 Å². The SMILES string of the molecule is Cc1cc2n(n1)CCCN(C(=O)Cn1nc(C)n(-c3ccccc3)c1=O)C2.